The number of hydrogen-bond acceptors (Lipinski definition) is 1. The summed E-state index contributed by atoms with van der Waals surface area (Å²) in [7, 11) is 0. The maximum absolute atomic E-state index is 5.50. The topological polar surface area (TPSA) is 9.23 Å². The van der Waals surface area contributed by atoms with Gasteiger partial charge in [0.2, 0.25) is 0 Å². The van der Waals surface area contributed by atoms with Crippen LogP contribution in [0.15, 0.2) is 22.7 Å². The SMILES string of the molecule is CC#CC(C)C(C)c1ccc(OCC)c(Br)c1. The summed E-state index contributed by atoms with van der Waals surface area (Å²) in [5.74, 6) is 7.88. The molecule has 0 N–H and O–H groups in total. The molecular weight excluding hydrogens is 276 g/mol. The minimum absolute atomic E-state index is 0.366. The third-order valence-electron chi connectivity index (χ3n) is 2.90. The maximum Gasteiger partial charge on any atom is 0.133 e. The van der Waals surface area contributed by atoms with Gasteiger partial charge in [-0.3, -0.25) is 0 Å². The predicted octanol–water partition coefficient (Wildman–Crippen LogP) is 4.61. The van der Waals surface area contributed by atoms with Gasteiger partial charge in [-0.1, -0.05) is 25.8 Å². The number of hydrogen-bond donors (Lipinski definition) is 0. The smallest absolute Gasteiger partial charge is 0.133 e. The molecule has 0 radical (unpaired) electrons. The van der Waals surface area contributed by atoms with Crippen LogP contribution in [0.4, 0.5) is 0 Å². The van der Waals surface area contributed by atoms with Gasteiger partial charge in [-0.2, -0.15) is 0 Å². The van der Waals surface area contributed by atoms with Crippen molar-refractivity contribution in [1.82, 2.24) is 0 Å². The molecule has 0 aromatic heterocycles. The molecule has 2 heteroatoms. The average Bonchev–Trinajstić information content (AvgIpc) is 2.31. The zero-order valence-corrected chi connectivity index (χ0v) is 12.5. The summed E-state index contributed by atoms with van der Waals surface area (Å²) < 4.78 is 6.52. The van der Waals surface area contributed by atoms with Gasteiger partial charge in [0.15, 0.2) is 0 Å². The first-order chi connectivity index (χ1) is 8.10. The minimum Gasteiger partial charge on any atom is -0.493 e. The molecule has 1 nitrogen and oxygen atoms in total. The van der Waals surface area contributed by atoms with Crippen molar-refractivity contribution in [3.63, 3.8) is 0 Å². The molecule has 1 aromatic rings. The van der Waals surface area contributed by atoms with Crippen LogP contribution in [0.1, 0.15) is 39.2 Å². The first-order valence-electron chi connectivity index (χ1n) is 5.94. The summed E-state index contributed by atoms with van der Waals surface area (Å²) in [5, 5.41) is 0. The number of benzene rings is 1. The summed E-state index contributed by atoms with van der Waals surface area (Å²) in [6, 6.07) is 6.27. The molecule has 0 amide bonds. The molecule has 0 fully saturated rings. The van der Waals surface area contributed by atoms with Crippen molar-refractivity contribution in [2.24, 2.45) is 5.92 Å². The molecule has 0 aliphatic rings. The average molecular weight is 295 g/mol. The molecule has 2 atom stereocenters. The van der Waals surface area contributed by atoms with Gasteiger partial charge in [-0.05, 0) is 53.4 Å². The second kappa shape index (κ2) is 6.71. The van der Waals surface area contributed by atoms with Gasteiger partial charge in [-0.25, -0.2) is 0 Å². The van der Waals surface area contributed by atoms with Gasteiger partial charge in [0.1, 0.15) is 5.75 Å². The van der Waals surface area contributed by atoms with Gasteiger partial charge in [-0.15, -0.1) is 5.92 Å². The first kappa shape index (κ1) is 14.1. The molecule has 92 valence electrons. The van der Waals surface area contributed by atoms with E-state index >= 15 is 0 Å². The van der Waals surface area contributed by atoms with Crippen molar-refractivity contribution in [3.8, 4) is 17.6 Å². The lowest BCUT2D eigenvalue weighted by Gasteiger charge is -2.16. The molecule has 0 saturated carbocycles. The Hall–Kier alpha value is -0.940. The highest BCUT2D eigenvalue weighted by Gasteiger charge is 2.13. The van der Waals surface area contributed by atoms with E-state index in [1.807, 2.05) is 19.9 Å². The molecule has 0 aliphatic carbocycles. The minimum atomic E-state index is 0.366. The zero-order valence-electron chi connectivity index (χ0n) is 10.9. The molecule has 0 aliphatic heterocycles. The van der Waals surface area contributed by atoms with E-state index in [-0.39, 0.29) is 0 Å². The fraction of sp³-hybridized carbons (Fsp3) is 0.467. The summed E-state index contributed by atoms with van der Waals surface area (Å²) in [4.78, 5) is 0. The highest BCUT2D eigenvalue weighted by atomic mass is 79.9. The zero-order chi connectivity index (χ0) is 12.8. The van der Waals surface area contributed by atoms with Gasteiger partial charge in [0, 0.05) is 5.92 Å². The quantitative estimate of drug-likeness (QED) is 0.737. The van der Waals surface area contributed by atoms with Crippen molar-refractivity contribution in [2.75, 3.05) is 6.61 Å². The second-order valence-electron chi connectivity index (χ2n) is 4.09. The third kappa shape index (κ3) is 3.78. The van der Waals surface area contributed by atoms with Crippen molar-refractivity contribution < 1.29 is 4.74 Å². The van der Waals surface area contributed by atoms with Crippen molar-refractivity contribution >= 4 is 15.9 Å². The van der Waals surface area contributed by atoms with Crippen LogP contribution in [0.5, 0.6) is 5.75 Å². The lowest BCUT2D eigenvalue weighted by Crippen LogP contribution is -2.04. The van der Waals surface area contributed by atoms with Crippen LogP contribution in [0.25, 0.3) is 0 Å². The molecule has 17 heavy (non-hydrogen) atoms. The number of ether oxygens (including phenoxy) is 1. The predicted molar refractivity (Wildman–Crippen MR) is 76.3 cm³/mol. The second-order valence-corrected chi connectivity index (χ2v) is 4.95. The van der Waals surface area contributed by atoms with E-state index in [4.69, 9.17) is 4.74 Å². The van der Waals surface area contributed by atoms with Crippen LogP contribution >= 0.6 is 15.9 Å². The van der Waals surface area contributed by atoms with E-state index < -0.39 is 0 Å². The first-order valence-corrected chi connectivity index (χ1v) is 6.74. The lowest BCUT2D eigenvalue weighted by molar-refractivity contribution is 0.338. The van der Waals surface area contributed by atoms with Crippen LogP contribution in [-0.4, -0.2) is 6.61 Å². The normalized spacial score (nSPS) is 13.5. The van der Waals surface area contributed by atoms with Crippen LogP contribution in [0.2, 0.25) is 0 Å². The number of rotatable bonds is 4. The molecule has 0 bridgehead atoms. The van der Waals surface area contributed by atoms with Crippen molar-refractivity contribution in [1.29, 1.82) is 0 Å². The molecule has 0 saturated heterocycles. The number of halogens is 1. The maximum atomic E-state index is 5.50. The van der Waals surface area contributed by atoms with E-state index in [1.54, 1.807) is 0 Å². The Morgan fingerprint density at radius 2 is 2.06 bits per heavy atom. The third-order valence-corrected chi connectivity index (χ3v) is 3.52. The lowest BCUT2D eigenvalue weighted by atomic mass is 9.89. The van der Waals surface area contributed by atoms with Gasteiger partial charge < -0.3 is 4.74 Å². The van der Waals surface area contributed by atoms with Crippen LogP contribution in [-0.2, 0) is 0 Å². The molecule has 1 rings (SSSR count). The van der Waals surface area contributed by atoms with Crippen molar-refractivity contribution in [2.45, 2.75) is 33.6 Å². The Morgan fingerprint density at radius 3 is 2.59 bits per heavy atom. The Kier molecular flexibility index (Phi) is 5.58. The Balaban J connectivity index is 2.91. The molecule has 1 aromatic carbocycles. The molecular formula is C15H19BrO. The van der Waals surface area contributed by atoms with Gasteiger partial charge in [0.05, 0.1) is 11.1 Å². The monoisotopic (exact) mass is 294 g/mol. The molecule has 2 unspecified atom stereocenters. The standard InChI is InChI=1S/C15H19BrO/c1-5-7-11(3)12(4)13-8-9-15(17-6-2)14(16)10-13/h8-12H,6H2,1-4H3. The van der Waals surface area contributed by atoms with E-state index in [0.29, 0.717) is 18.4 Å². The van der Waals surface area contributed by atoms with E-state index in [2.05, 4.69) is 53.8 Å². The van der Waals surface area contributed by atoms with Gasteiger partial charge in [0.25, 0.3) is 0 Å². The molecule has 0 heterocycles. The Labute approximate surface area is 113 Å². The van der Waals surface area contributed by atoms with E-state index in [0.717, 1.165) is 10.2 Å². The summed E-state index contributed by atoms with van der Waals surface area (Å²) in [6.07, 6.45) is 0. The van der Waals surface area contributed by atoms with Crippen LogP contribution < -0.4 is 4.74 Å². The van der Waals surface area contributed by atoms with Crippen LogP contribution in [0.3, 0.4) is 0 Å². The highest BCUT2D eigenvalue weighted by Crippen LogP contribution is 2.31. The summed E-state index contributed by atoms with van der Waals surface area (Å²) >= 11 is 3.54. The van der Waals surface area contributed by atoms with Crippen molar-refractivity contribution in [3.05, 3.63) is 28.2 Å². The Bertz CT molecular complexity index is 428. The Morgan fingerprint density at radius 1 is 1.35 bits per heavy atom. The van der Waals surface area contributed by atoms with Gasteiger partial charge >= 0.3 is 0 Å². The summed E-state index contributed by atoms with van der Waals surface area (Å²) in [6.45, 7) is 8.92. The largest absolute Gasteiger partial charge is 0.493 e. The summed E-state index contributed by atoms with van der Waals surface area (Å²) in [5.41, 5.74) is 1.29. The van der Waals surface area contributed by atoms with E-state index in [9.17, 15) is 0 Å². The fourth-order valence-electron chi connectivity index (χ4n) is 1.71. The van der Waals surface area contributed by atoms with Crippen LogP contribution in [0, 0.1) is 17.8 Å². The molecule has 0 spiro atoms. The fourth-order valence-corrected chi connectivity index (χ4v) is 2.23. The van der Waals surface area contributed by atoms with E-state index in [1.165, 1.54) is 5.56 Å². The highest BCUT2D eigenvalue weighted by molar-refractivity contribution is 9.10.